The Morgan fingerprint density at radius 2 is 1.90 bits per heavy atom. The molecule has 0 bridgehead atoms. The van der Waals surface area contributed by atoms with Gasteiger partial charge in [0.15, 0.2) is 0 Å². The highest BCUT2D eigenvalue weighted by Gasteiger charge is 2.38. The molecule has 2 nitrogen and oxygen atoms in total. The summed E-state index contributed by atoms with van der Waals surface area (Å²) in [5.41, 5.74) is 1.30. The summed E-state index contributed by atoms with van der Waals surface area (Å²) in [6.45, 7) is 0.534. The van der Waals surface area contributed by atoms with Crippen LogP contribution in [0.4, 0.5) is 4.39 Å². The summed E-state index contributed by atoms with van der Waals surface area (Å²) in [7, 11) is 0. The molecule has 0 saturated heterocycles. The lowest BCUT2D eigenvalue weighted by molar-refractivity contribution is 0.241. The van der Waals surface area contributed by atoms with Crippen LogP contribution in [0.3, 0.4) is 0 Å². The van der Waals surface area contributed by atoms with Gasteiger partial charge in [0.2, 0.25) is 0 Å². The van der Waals surface area contributed by atoms with Gasteiger partial charge < -0.3 is 4.74 Å². The van der Waals surface area contributed by atoms with Gasteiger partial charge in [0.05, 0.1) is 18.1 Å². The van der Waals surface area contributed by atoms with Crippen LogP contribution in [0.1, 0.15) is 17.5 Å². The number of halogens is 1. The monoisotopic (exact) mass is 267 g/mol. The molecule has 0 saturated carbocycles. The molecular formula is C17H14FNO. The first-order chi connectivity index (χ1) is 9.73. The standard InChI is InChI=1S/C17H14FNO/c18-14-7-5-13(6-8-14)11-17(12-19)9-10-20-16-4-2-1-3-15(16)17/h1-8H,9-11H2. The predicted molar refractivity (Wildman–Crippen MR) is 73.9 cm³/mol. The minimum absolute atomic E-state index is 0.257. The van der Waals surface area contributed by atoms with Crippen molar-refractivity contribution in [3.05, 3.63) is 65.5 Å². The van der Waals surface area contributed by atoms with Gasteiger partial charge in [-0.2, -0.15) is 5.26 Å². The molecular weight excluding hydrogens is 253 g/mol. The normalized spacial score (nSPS) is 20.6. The molecule has 0 spiro atoms. The maximum atomic E-state index is 13.0. The number of ether oxygens (including phenoxy) is 1. The Balaban J connectivity index is 2.01. The predicted octanol–water partition coefficient (Wildman–Crippen LogP) is 3.61. The number of hydrogen-bond acceptors (Lipinski definition) is 2. The summed E-state index contributed by atoms with van der Waals surface area (Å²) in [5.74, 6) is 0.523. The number of nitriles is 1. The van der Waals surface area contributed by atoms with E-state index in [1.807, 2.05) is 24.3 Å². The van der Waals surface area contributed by atoms with Crippen molar-refractivity contribution >= 4 is 0 Å². The van der Waals surface area contributed by atoms with Crippen LogP contribution in [-0.2, 0) is 11.8 Å². The molecule has 1 atom stereocenters. The van der Waals surface area contributed by atoms with Gasteiger partial charge in [0.25, 0.3) is 0 Å². The number of rotatable bonds is 2. The first-order valence-electron chi connectivity index (χ1n) is 6.61. The molecule has 3 heteroatoms. The quantitative estimate of drug-likeness (QED) is 0.832. The van der Waals surface area contributed by atoms with E-state index >= 15 is 0 Å². The summed E-state index contributed by atoms with van der Waals surface area (Å²) in [6.07, 6.45) is 1.22. The van der Waals surface area contributed by atoms with Crippen molar-refractivity contribution in [2.24, 2.45) is 0 Å². The van der Waals surface area contributed by atoms with Gasteiger partial charge >= 0.3 is 0 Å². The highest BCUT2D eigenvalue weighted by molar-refractivity contribution is 5.46. The van der Waals surface area contributed by atoms with Crippen molar-refractivity contribution in [3.63, 3.8) is 0 Å². The smallest absolute Gasteiger partial charge is 0.124 e. The molecule has 3 rings (SSSR count). The Hall–Kier alpha value is -2.34. The molecule has 100 valence electrons. The third-order valence-corrected chi connectivity index (χ3v) is 3.82. The maximum absolute atomic E-state index is 13.0. The van der Waals surface area contributed by atoms with E-state index < -0.39 is 5.41 Å². The number of para-hydroxylation sites is 1. The van der Waals surface area contributed by atoms with Crippen LogP contribution in [0.15, 0.2) is 48.5 Å². The van der Waals surface area contributed by atoms with Crippen LogP contribution >= 0.6 is 0 Å². The fourth-order valence-electron chi connectivity index (χ4n) is 2.75. The van der Waals surface area contributed by atoms with Crippen LogP contribution in [0.5, 0.6) is 5.75 Å². The number of fused-ring (bicyclic) bond motifs is 1. The lowest BCUT2D eigenvalue weighted by Gasteiger charge is -2.33. The lowest BCUT2D eigenvalue weighted by Crippen LogP contribution is -2.33. The van der Waals surface area contributed by atoms with E-state index in [1.165, 1.54) is 12.1 Å². The molecule has 0 radical (unpaired) electrons. The third kappa shape index (κ3) is 2.14. The zero-order valence-corrected chi connectivity index (χ0v) is 11.0. The molecule has 0 fully saturated rings. The average molecular weight is 267 g/mol. The van der Waals surface area contributed by atoms with E-state index in [2.05, 4.69) is 6.07 Å². The topological polar surface area (TPSA) is 33.0 Å². The molecule has 1 aliphatic heterocycles. The zero-order valence-electron chi connectivity index (χ0n) is 11.0. The Bertz CT molecular complexity index is 659. The van der Waals surface area contributed by atoms with Gasteiger partial charge in [-0.15, -0.1) is 0 Å². The van der Waals surface area contributed by atoms with Crippen molar-refractivity contribution in [2.45, 2.75) is 18.3 Å². The summed E-state index contributed by atoms with van der Waals surface area (Å²) in [4.78, 5) is 0. The first-order valence-corrected chi connectivity index (χ1v) is 6.61. The van der Waals surface area contributed by atoms with Gasteiger partial charge in [-0.1, -0.05) is 30.3 Å². The van der Waals surface area contributed by atoms with Gasteiger partial charge in [-0.3, -0.25) is 0 Å². The molecule has 1 unspecified atom stereocenters. The Morgan fingerprint density at radius 1 is 1.15 bits per heavy atom. The molecule has 1 heterocycles. The Morgan fingerprint density at radius 3 is 2.65 bits per heavy atom. The molecule has 1 aliphatic rings. The van der Waals surface area contributed by atoms with Gasteiger partial charge in [-0.05, 0) is 30.2 Å². The van der Waals surface area contributed by atoms with E-state index in [9.17, 15) is 9.65 Å². The fourth-order valence-corrected chi connectivity index (χ4v) is 2.75. The third-order valence-electron chi connectivity index (χ3n) is 3.82. The molecule has 20 heavy (non-hydrogen) atoms. The minimum Gasteiger partial charge on any atom is -0.493 e. The number of hydrogen-bond donors (Lipinski definition) is 0. The van der Waals surface area contributed by atoms with Gasteiger partial charge in [-0.25, -0.2) is 4.39 Å². The van der Waals surface area contributed by atoms with Crippen LogP contribution in [0, 0.1) is 17.1 Å². The molecule has 2 aromatic carbocycles. The van der Waals surface area contributed by atoms with Gasteiger partial charge in [0, 0.05) is 12.0 Å². The number of nitrogens with zero attached hydrogens (tertiary/aromatic N) is 1. The summed E-state index contributed by atoms with van der Waals surface area (Å²) >= 11 is 0. The second-order valence-corrected chi connectivity index (χ2v) is 5.09. The Labute approximate surface area is 117 Å². The summed E-state index contributed by atoms with van der Waals surface area (Å²) < 4.78 is 18.6. The van der Waals surface area contributed by atoms with Crippen molar-refractivity contribution in [1.82, 2.24) is 0 Å². The summed E-state index contributed by atoms with van der Waals surface area (Å²) in [6, 6.07) is 16.5. The molecule has 0 amide bonds. The SMILES string of the molecule is N#CC1(Cc2ccc(F)cc2)CCOc2ccccc21. The van der Waals surface area contributed by atoms with Crippen molar-refractivity contribution in [1.29, 1.82) is 5.26 Å². The minimum atomic E-state index is -0.591. The second-order valence-electron chi connectivity index (χ2n) is 5.09. The Kier molecular flexibility index (Phi) is 3.15. The van der Waals surface area contributed by atoms with E-state index in [1.54, 1.807) is 12.1 Å². The van der Waals surface area contributed by atoms with Gasteiger partial charge in [0.1, 0.15) is 11.6 Å². The molecule has 0 aliphatic carbocycles. The zero-order chi connectivity index (χ0) is 14.0. The fraction of sp³-hybridized carbons (Fsp3) is 0.235. The van der Waals surface area contributed by atoms with Crippen molar-refractivity contribution in [3.8, 4) is 11.8 Å². The lowest BCUT2D eigenvalue weighted by atomic mass is 9.73. The summed E-state index contributed by atoms with van der Waals surface area (Å²) in [5, 5.41) is 9.72. The molecule has 2 aromatic rings. The van der Waals surface area contributed by atoms with Crippen molar-refractivity contribution < 1.29 is 9.13 Å². The number of benzene rings is 2. The first kappa shape index (κ1) is 12.7. The van der Waals surface area contributed by atoms with E-state index in [4.69, 9.17) is 4.74 Å². The largest absolute Gasteiger partial charge is 0.493 e. The molecule has 0 aromatic heterocycles. The van der Waals surface area contributed by atoms with E-state index in [-0.39, 0.29) is 5.82 Å². The van der Waals surface area contributed by atoms with E-state index in [0.29, 0.717) is 19.4 Å². The highest BCUT2D eigenvalue weighted by atomic mass is 19.1. The highest BCUT2D eigenvalue weighted by Crippen LogP contribution is 2.40. The van der Waals surface area contributed by atoms with Crippen LogP contribution < -0.4 is 4.74 Å². The molecule has 0 N–H and O–H groups in total. The van der Waals surface area contributed by atoms with Crippen LogP contribution in [-0.4, -0.2) is 6.61 Å². The second kappa shape index (κ2) is 4.97. The average Bonchev–Trinajstić information content (AvgIpc) is 2.50. The van der Waals surface area contributed by atoms with Crippen LogP contribution in [0.25, 0.3) is 0 Å². The van der Waals surface area contributed by atoms with E-state index in [0.717, 1.165) is 16.9 Å². The maximum Gasteiger partial charge on any atom is 0.124 e. The van der Waals surface area contributed by atoms with Crippen molar-refractivity contribution in [2.75, 3.05) is 6.61 Å². The van der Waals surface area contributed by atoms with Crippen LogP contribution in [0.2, 0.25) is 0 Å².